The Labute approximate surface area is 90.5 Å². The second-order valence-corrected chi connectivity index (χ2v) is 11.6. The van der Waals surface area contributed by atoms with Gasteiger partial charge in [-0.25, -0.2) is 4.79 Å². The monoisotopic (exact) mass is 266 g/mol. The summed E-state index contributed by atoms with van der Waals surface area (Å²) in [6, 6.07) is -2.43. The maximum absolute atomic E-state index is 10.7. The Bertz CT molecular complexity index is 188. The molecule has 0 heterocycles. The van der Waals surface area contributed by atoms with Crippen LogP contribution in [-0.2, 0) is 9.53 Å². The van der Waals surface area contributed by atoms with Gasteiger partial charge in [-0.15, -0.1) is 33.2 Å². The van der Waals surface area contributed by atoms with Crippen LogP contribution in [0.3, 0.4) is 0 Å². The van der Waals surface area contributed by atoms with Crippen LogP contribution in [-0.4, -0.2) is 18.6 Å². The fraction of sp³-hybridized carbons (Fsp3) is 0.400. The number of rotatable bonds is 4. The highest BCUT2D eigenvalue weighted by atomic mass is 35.8. The molecule has 0 aliphatic heterocycles. The molecule has 0 N–H and O–H groups in total. The molecule has 0 bridgehead atoms. The van der Waals surface area contributed by atoms with E-state index >= 15 is 0 Å². The Kier molecular flexibility index (Phi) is 5.61. The van der Waals surface area contributed by atoms with Gasteiger partial charge in [-0.2, -0.15) is 0 Å². The molecule has 0 saturated carbocycles. The Morgan fingerprint density at radius 2 is 1.92 bits per heavy atom. The number of hydrogen-bond donors (Lipinski definition) is 0. The predicted molar refractivity (Wildman–Crippen MR) is 54.1 cm³/mol. The molecule has 70 valence electrons. The maximum atomic E-state index is 10.7. The van der Waals surface area contributed by atoms with Crippen LogP contribution in [0, 0.1) is 0 Å². The lowest BCUT2D eigenvalue weighted by molar-refractivity contribution is -0.137. The van der Waals surface area contributed by atoms with Gasteiger partial charge < -0.3 is 4.74 Å². The fourth-order valence-electron chi connectivity index (χ4n) is 0.338. The number of hydrogen-bond acceptors (Lipinski definition) is 2. The average molecular weight is 268 g/mol. The first-order valence-corrected chi connectivity index (χ1v) is 8.53. The molecule has 0 unspecified atom stereocenters. The lowest BCUT2D eigenvalue weighted by atomic mass is 10.6. The third-order valence-corrected chi connectivity index (χ3v) is 3.47. The van der Waals surface area contributed by atoms with Gasteiger partial charge in [-0.1, -0.05) is 18.2 Å². The number of esters is 1. The molecule has 0 saturated heterocycles. The topological polar surface area (TPSA) is 26.3 Å². The molecule has 2 nitrogen and oxygen atoms in total. The molecule has 0 aromatic heterocycles. The SMILES string of the molecule is C=C(Cl)C(=O)OCC[Si](Cl)(Cl)Cl. The van der Waals surface area contributed by atoms with Crippen molar-refractivity contribution < 1.29 is 9.53 Å². The lowest BCUT2D eigenvalue weighted by Gasteiger charge is -2.07. The molecule has 0 aliphatic carbocycles. The molecule has 0 rings (SSSR count). The summed E-state index contributed by atoms with van der Waals surface area (Å²) in [5, 5.41) is -0.180. The number of carbonyl (C=O) groups is 1. The number of carbonyl (C=O) groups excluding carboxylic acids is 1. The van der Waals surface area contributed by atoms with Gasteiger partial charge in [-0.05, 0) is 0 Å². The summed E-state index contributed by atoms with van der Waals surface area (Å²) in [4.78, 5) is 10.7. The van der Waals surface area contributed by atoms with Crippen molar-refractivity contribution in [2.45, 2.75) is 6.04 Å². The zero-order valence-corrected chi connectivity index (χ0v) is 9.97. The van der Waals surface area contributed by atoms with Crippen LogP contribution < -0.4 is 0 Å². The first-order valence-electron chi connectivity index (χ1n) is 2.91. The first kappa shape index (κ1) is 12.6. The summed E-state index contributed by atoms with van der Waals surface area (Å²) in [7, 11) is 0. The first-order chi connectivity index (χ1) is 5.33. The van der Waals surface area contributed by atoms with Gasteiger partial charge in [-0.3, -0.25) is 0 Å². The molecular weight excluding hydrogens is 262 g/mol. The Morgan fingerprint density at radius 1 is 1.42 bits per heavy atom. The summed E-state index contributed by atoms with van der Waals surface area (Å²) in [6.45, 7) is 3.24. The van der Waals surface area contributed by atoms with Crippen LogP contribution >= 0.6 is 44.8 Å². The van der Waals surface area contributed by atoms with Crippen LogP contribution in [0.15, 0.2) is 11.6 Å². The molecule has 0 aromatic carbocycles. The Hall–Kier alpha value is 0.587. The minimum atomic E-state index is -2.69. The van der Waals surface area contributed by atoms with Crippen LogP contribution in [0.5, 0.6) is 0 Å². The highest BCUT2D eigenvalue weighted by molar-refractivity contribution is 7.64. The largest absolute Gasteiger partial charge is 0.462 e. The minimum absolute atomic E-state index is 0.0628. The van der Waals surface area contributed by atoms with Crippen molar-refractivity contribution in [2.75, 3.05) is 6.61 Å². The number of ether oxygens (including phenoxy) is 1. The third-order valence-electron chi connectivity index (χ3n) is 0.840. The molecule has 0 aliphatic rings. The van der Waals surface area contributed by atoms with E-state index < -0.39 is 12.0 Å². The summed E-state index contributed by atoms with van der Waals surface area (Å²) >= 11 is 21.8. The van der Waals surface area contributed by atoms with Crippen molar-refractivity contribution in [3.8, 4) is 0 Å². The smallest absolute Gasteiger partial charge is 0.349 e. The second-order valence-electron chi connectivity index (χ2n) is 1.91. The van der Waals surface area contributed by atoms with E-state index in [9.17, 15) is 4.79 Å². The van der Waals surface area contributed by atoms with Gasteiger partial charge in [0.2, 0.25) is 0 Å². The molecule has 0 amide bonds. The van der Waals surface area contributed by atoms with Crippen molar-refractivity contribution in [1.29, 1.82) is 0 Å². The van der Waals surface area contributed by atoms with Crippen LogP contribution in [0.2, 0.25) is 6.04 Å². The van der Waals surface area contributed by atoms with Crippen molar-refractivity contribution in [3.05, 3.63) is 11.6 Å². The highest BCUT2D eigenvalue weighted by Crippen LogP contribution is 2.24. The van der Waals surface area contributed by atoms with Crippen LogP contribution in [0.4, 0.5) is 0 Å². The highest BCUT2D eigenvalue weighted by Gasteiger charge is 2.25. The molecule has 7 heteroatoms. The van der Waals surface area contributed by atoms with Gasteiger partial charge in [0, 0.05) is 6.04 Å². The zero-order chi connectivity index (χ0) is 9.78. The van der Waals surface area contributed by atoms with E-state index in [0.717, 1.165) is 0 Å². The number of halogens is 4. The van der Waals surface area contributed by atoms with Crippen molar-refractivity contribution in [1.82, 2.24) is 0 Å². The van der Waals surface area contributed by atoms with E-state index in [1.165, 1.54) is 0 Å². The maximum Gasteiger partial charge on any atom is 0.349 e. The molecule has 0 spiro atoms. The molecular formula is C5H6Cl4O2Si. The van der Waals surface area contributed by atoms with Crippen LogP contribution in [0.25, 0.3) is 0 Å². The molecule has 0 atom stereocenters. The van der Waals surface area contributed by atoms with E-state index in [-0.39, 0.29) is 17.7 Å². The standard InChI is InChI=1S/C5H6Cl4O2Si/c1-4(6)5(10)11-2-3-12(7,8)9/h1-3H2. The minimum Gasteiger partial charge on any atom is -0.462 e. The van der Waals surface area contributed by atoms with E-state index in [0.29, 0.717) is 0 Å². The average Bonchev–Trinajstić information content (AvgIpc) is 1.84. The van der Waals surface area contributed by atoms with Crippen molar-refractivity contribution in [2.24, 2.45) is 0 Å². The van der Waals surface area contributed by atoms with E-state index in [1.54, 1.807) is 0 Å². The Balaban J connectivity index is 3.58. The zero-order valence-electron chi connectivity index (χ0n) is 5.95. The quantitative estimate of drug-likeness (QED) is 0.339. The summed E-state index contributed by atoms with van der Waals surface area (Å²) in [6.07, 6.45) is 0. The fourth-order valence-corrected chi connectivity index (χ4v) is 1.42. The molecule has 0 radical (unpaired) electrons. The molecule has 0 fully saturated rings. The van der Waals surface area contributed by atoms with Gasteiger partial charge >= 0.3 is 12.0 Å². The summed E-state index contributed by atoms with van der Waals surface area (Å²) in [5.41, 5.74) is 0. The Morgan fingerprint density at radius 3 is 2.25 bits per heavy atom. The van der Waals surface area contributed by atoms with Gasteiger partial charge in [0.1, 0.15) is 5.03 Å². The molecule has 0 aromatic rings. The van der Waals surface area contributed by atoms with E-state index in [4.69, 9.17) is 44.8 Å². The third kappa shape index (κ3) is 7.25. The second kappa shape index (κ2) is 5.35. The van der Waals surface area contributed by atoms with E-state index in [1.807, 2.05) is 0 Å². The van der Waals surface area contributed by atoms with Gasteiger partial charge in [0.05, 0.1) is 6.61 Å². The van der Waals surface area contributed by atoms with E-state index in [2.05, 4.69) is 11.3 Å². The predicted octanol–water partition coefficient (Wildman–Crippen LogP) is 2.94. The van der Waals surface area contributed by atoms with Crippen molar-refractivity contribution >= 4 is 56.8 Å². The summed E-state index contributed by atoms with van der Waals surface area (Å²) < 4.78 is 4.59. The normalized spacial score (nSPS) is 11.0. The van der Waals surface area contributed by atoms with Crippen LogP contribution in [0.1, 0.15) is 0 Å². The summed E-state index contributed by atoms with van der Waals surface area (Å²) in [5.74, 6) is -0.681. The lowest BCUT2D eigenvalue weighted by Crippen LogP contribution is -2.15. The van der Waals surface area contributed by atoms with Crippen molar-refractivity contribution in [3.63, 3.8) is 0 Å². The molecule has 12 heavy (non-hydrogen) atoms. The van der Waals surface area contributed by atoms with Gasteiger partial charge in [0.25, 0.3) is 0 Å². The van der Waals surface area contributed by atoms with Gasteiger partial charge in [0.15, 0.2) is 0 Å².